The van der Waals surface area contributed by atoms with Crippen LogP contribution in [0, 0.1) is 0 Å². The van der Waals surface area contributed by atoms with Crippen LogP contribution < -0.4 is 5.73 Å². The molecule has 1 aromatic rings. The first-order valence-corrected chi connectivity index (χ1v) is 5.82. The summed E-state index contributed by atoms with van der Waals surface area (Å²) in [5, 5.41) is 8.12. The molecule has 0 aliphatic rings. The number of rotatable bonds is 5. The van der Waals surface area contributed by atoms with Gasteiger partial charge < -0.3 is 10.5 Å². The van der Waals surface area contributed by atoms with Crippen molar-refractivity contribution in [2.75, 3.05) is 18.1 Å². The number of nitrogens with zero attached hydrogens (tertiary/aromatic N) is 2. The molecule has 13 heavy (non-hydrogen) atoms. The molecule has 0 radical (unpaired) electrons. The summed E-state index contributed by atoms with van der Waals surface area (Å²) in [7, 11) is 0. The predicted molar refractivity (Wildman–Crippen MR) is 56.1 cm³/mol. The van der Waals surface area contributed by atoms with E-state index in [-0.39, 0.29) is 0 Å². The van der Waals surface area contributed by atoms with Crippen LogP contribution in [0.1, 0.15) is 13.8 Å². The van der Waals surface area contributed by atoms with Crippen LogP contribution in [-0.2, 0) is 4.74 Å². The minimum Gasteiger partial charge on any atom is -0.378 e. The molecule has 0 spiro atoms. The molecule has 0 atom stereocenters. The smallest absolute Gasteiger partial charge is 0.203 e. The first-order valence-electron chi connectivity index (χ1n) is 4.02. The van der Waals surface area contributed by atoms with E-state index in [2.05, 4.69) is 10.2 Å². The van der Waals surface area contributed by atoms with Gasteiger partial charge in [-0.2, -0.15) is 0 Å². The molecule has 0 saturated carbocycles. The van der Waals surface area contributed by atoms with Gasteiger partial charge in [-0.3, -0.25) is 0 Å². The van der Waals surface area contributed by atoms with Gasteiger partial charge in [-0.1, -0.05) is 23.1 Å². The molecule has 0 aliphatic carbocycles. The summed E-state index contributed by atoms with van der Waals surface area (Å²) in [6.45, 7) is 4.78. The lowest BCUT2D eigenvalue weighted by Crippen LogP contribution is -2.05. The Morgan fingerprint density at radius 2 is 2.31 bits per heavy atom. The highest BCUT2D eigenvalue weighted by atomic mass is 32.2. The molecule has 0 aliphatic heterocycles. The SMILES string of the molecule is CC(C)OCCSc1nnc(N)s1. The van der Waals surface area contributed by atoms with Crippen LogP contribution in [0.25, 0.3) is 0 Å². The van der Waals surface area contributed by atoms with Crippen molar-refractivity contribution in [1.29, 1.82) is 0 Å². The average molecular weight is 219 g/mol. The largest absolute Gasteiger partial charge is 0.378 e. The monoisotopic (exact) mass is 219 g/mol. The Morgan fingerprint density at radius 1 is 1.54 bits per heavy atom. The molecule has 0 amide bonds. The number of anilines is 1. The summed E-state index contributed by atoms with van der Waals surface area (Å²) in [5.74, 6) is 0.896. The minimum absolute atomic E-state index is 0.292. The van der Waals surface area contributed by atoms with Crippen molar-refractivity contribution in [3.05, 3.63) is 0 Å². The summed E-state index contributed by atoms with van der Waals surface area (Å²) in [6, 6.07) is 0. The van der Waals surface area contributed by atoms with Gasteiger partial charge in [-0.25, -0.2) is 0 Å². The lowest BCUT2D eigenvalue weighted by atomic mass is 10.5. The van der Waals surface area contributed by atoms with Gasteiger partial charge in [0.15, 0.2) is 4.34 Å². The van der Waals surface area contributed by atoms with Gasteiger partial charge in [0.05, 0.1) is 12.7 Å². The summed E-state index contributed by atoms with van der Waals surface area (Å²) >= 11 is 3.03. The maximum atomic E-state index is 5.43. The van der Waals surface area contributed by atoms with Gasteiger partial charge in [0.2, 0.25) is 5.13 Å². The predicted octanol–water partition coefficient (Wildman–Crippen LogP) is 1.64. The van der Waals surface area contributed by atoms with Gasteiger partial charge in [0.25, 0.3) is 0 Å². The van der Waals surface area contributed by atoms with Crippen molar-refractivity contribution in [2.24, 2.45) is 0 Å². The second-order valence-electron chi connectivity index (χ2n) is 2.67. The van der Waals surface area contributed by atoms with Crippen LogP contribution in [-0.4, -0.2) is 28.7 Å². The fourth-order valence-electron chi connectivity index (χ4n) is 0.692. The lowest BCUT2D eigenvalue weighted by molar-refractivity contribution is 0.0920. The quantitative estimate of drug-likeness (QED) is 0.602. The third kappa shape index (κ3) is 4.44. The summed E-state index contributed by atoms with van der Waals surface area (Å²) < 4.78 is 6.28. The zero-order chi connectivity index (χ0) is 9.68. The number of thioether (sulfide) groups is 1. The van der Waals surface area contributed by atoms with Crippen LogP contribution in [0.5, 0.6) is 0 Å². The Balaban J connectivity index is 2.13. The fourth-order valence-corrected chi connectivity index (χ4v) is 2.23. The number of nitrogens with two attached hydrogens (primary N) is 1. The second kappa shape index (κ2) is 5.41. The molecular formula is C7H13N3OS2. The van der Waals surface area contributed by atoms with Crippen molar-refractivity contribution in [2.45, 2.75) is 24.3 Å². The Morgan fingerprint density at radius 3 is 2.85 bits per heavy atom. The van der Waals surface area contributed by atoms with Gasteiger partial charge in [0, 0.05) is 5.75 Å². The normalized spacial score (nSPS) is 11.0. The zero-order valence-electron chi connectivity index (χ0n) is 7.69. The zero-order valence-corrected chi connectivity index (χ0v) is 9.32. The number of aromatic nitrogens is 2. The fraction of sp³-hybridized carbons (Fsp3) is 0.714. The van der Waals surface area contributed by atoms with E-state index in [4.69, 9.17) is 10.5 Å². The topological polar surface area (TPSA) is 61.0 Å². The van der Waals surface area contributed by atoms with Crippen LogP contribution in [0.15, 0.2) is 4.34 Å². The van der Waals surface area contributed by atoms with Crippen LogP contribution in [0.4, 0.5) is 5.13 Å². The van der Waals surface area contributed by atoms with Crippen LogP contribution in [0.2, 0.25) is 0 Å². The second-order valence-corrected chi connectivity index (χ2v) is 5.03. The van der Waals surface area contributed by atoms with E-state index >= 15 is 0 Å². The molecule has 0 fully saturated rings. The lowest BCUT2D eigenvalue weighted by Gasteiger charge is -2.04. The van der Waals surface area contributed by atoms with E-state index in [1.807, 2.05) is 13.8 Å². The van der Waals surface area contributed by atoms with Crippen LogP contribution in [0.3, 0.4) is 0 Å². The first-order chi connectivity index (χ1) is 6.18. The number of hydrogen-bond donors (Lipinski definition) is 1. The molecule has 1 aromatic heterocycles. The van der Waals surface area contributed by atoms with Gasteiger partial charge in [-0.05, 0) is 13.8 Å². The molecule has 0 unspecified atom stereocenters. The highest BCUT2D eigenvalue weighted by molar-refractivity contribution is 8.01. The Hall–Kier alpha value is -0.330. The van der Waals surface area contributed by atoms with E-state index < -0.39 is 0 Å². The van der Waals surface area contributed by atoms with Crippen molar-refractivity contribution in [3.63, 3.8) is 0 Å². The summed E-state index contributed by atoms with van der Waals surface area (Å²) in [5.41, 5.74) is 5.43. The van der Waals surface area contributed by atoms with Crippen molar-refractivity contribution < 1.29 is 4.74 Å². The highest BCUT2D eigenvalue weighted by Gasteiger charge is 2.01. The third-order valence-electron chi connectivity index (χ3n) is 1.18. The van der Waals surface area contributed by atoms with Gasteiger partial charge in [-0.15, -0.1) is 10.2 Å². The molecular weight excluding hydrogens is 206 g/mol. The summed E-state index contributed by atoms with van der Waals surface area (Å²) in [4.78, 5) is 0. The van der Waals surface area contributed by atoms with Gasteiger partial charge in [0.1, 0.15) is 0 Å². The molecule has 1 rings (SSSR count). The molecule has 2 N–H and O–H groups in total. The minimum atomic E-state index is 0.292. The standard InChI is InChI=1S/C7H13N3OS2/c1-5(2)11-3-4-12-7-10-9-6(8)13-7/h5H,3-4H2,1-2H3,(H2,8,9). The average Bonchev–Trinajstić information content (AvgIpc) is 2.45. The number of hydrogen-bond acceptors (Lipinski definition) is 6. The van der Waals surface area contributed by atoms with E-state index in [1.54, 1.807) is 11.8 Å². The molecule has 0 bridgehead atoms. The Kier molecular flexibility index (Phi) is 4.47. The van der Waals surface area contributed by atoms with Crippen LogP contribution >= 0.6 is 23.1 Å². The van der Waals surface area contributed by atoms with E-state index in [0.717, 1.165) is 16.7 Å². The van der Waals surface area contributed by atoms with E-state index in [9.17, 15) is 0 Å². The number of nitrogen functional groups attached to an aromatic ring is 1. The molecule has 1 heterocycles. The maximum Gasteiger partial charge on any atom is 0.203 e. The Bertz CT molecular complexity index is 252. The van der Waals surface area contributed by atoms with Crippen molar-refractivity contribution >= 4 is 28.2 Å². The van der Waals surface area contributed by atoms with E-state index in [1.165, 1.54) is 11.3 Å². The molecule has 6 heteroatoms. The maximum absolute atomic E-state index is 5.43. The third-order valence-corrected chi connectivity index (χ3v) is 3.03. The Labute approximate surface area is 85.9 Å². The van der Waals surface area contributed by atoms with Crippen molar-refractivity contribution in [3.8, 4) is 0 Å². The first kappa shape index (κ1) is 10.7. The molecule has 0 saturated heterocycles. The summed E-state index contributed by atoms with van der Waals surface area (Å²) in [6.07, 6.45) is 0.292. The van der Waals surface area contributed by atoms with E-state index in [0.29, 0.717) is 11.2 Å². The molecule has 4 nitrogen and oxygen atoms in total. The van der Waals surface area contributed by atoms with Gasteiger partial charge >= 0.3 is 0 Å². The molecule has 0 aromatic carbocycles. The number of ether oxygens (including phenoxy) is 1. The van der Waals surface area contributed by atoms with Crippen molar-refractivity contribution in [1.82, 2.24) is 10.2 Å². The molecule has 74 valence electrons. The highest BCUT2D eigenvalue weighted by Crippen LogP contribution is 2.22.